The van der Waals surface area contributed by atoms with Gasteiger partial charge in [-0.05, 0) is 36.8 Å². The molecule has 2 aromatic carbocycles. The summed E-state index contributed by atoms with van der Waals surface area (Å²) in [6.45, 7) is 5.80. The molecule has 3 aromatic rings. The standard InChI is InChI=1S/C25H30N6O3/c1-3-15-33-22-9-4-5-10-23(22)34-21-11-13-31(14-12-21)25-27-17-26-24(30-25)29-20-8-6-7-19(16-20)28-18(2)32/h4-10,16-17,21H,3,11-15H2,1-2H3,(H,28,32)(H,26,27,29,30). The minimum absolute atomic E-state index is 0.110. The van der Waals surface area contributed by atoms with Gasteiger partial charge in [0.1, 0.15) is 12.4 Å². The van der Waals surface area contributed by atoms with E-state index < -0.39 is 0 Å². The average Bonchev–Trinajstić information content (AvgIpc) is 2.84. The van der Waals surface area contributed by atoms with Gasteiger partial charge in [0.15, 0.2) is 11.5 Å². The Kier molecular flexibility index (Phi) is 7.75. The van der Waals surface area contributed by atoms with Crippen molar-refractivity contribution in [2.24, 2.45) is 0 Å². The van der Waals surface area contributed by atoms with Crippen molar-refractivity contribution < 1.29 is 14.3 Å². The van der Waals surface area contributed by atoms with Crippen LogP contribution in [0, 0.1) is 0 Å². The molecular formula is C25H30N6O3. The lowest BCUT2D eigenvalue weighted by molar-refractivity contribution is -0.114. The van der Waals surface area contributed by atoms with Gasteiger partial charge in [-0.1, -0.05) is 25.1 Å². The zero-order valence-electron chi connectivity index (χ0n) is 19.5. The molecule has 2 heterocycles. The predicted molar refractivity (Wildman–Crippen MR) is 132 cm³/mol. The fraction of sp³-hybridized carbons (Fsp3) is 0.360. The van der Waals surface area contributed by atoms with E-state index in [1.807, 2.05) is 48.5 Å². The number of carbonyl (C=O) groups excluding carboxylic acids is 1. The van der Waals surface area contributed by atoms with E-state index in [1.165, 1.54) is 13.3 Å². The van der Waals surface area contributed by atoms with Crippen molar-refractivity contribution in [3.63, 3.8) is 0 Å². The first kappa shape index (κ1) is 23.3. The minimum Gasteiger partial charge on any atom is -0.490 e. The number of piperidine rings is 1. The number of carbonyl (C=O) groups is 1. The Morgan fingerprint density at radius 3 is 2.59 bits per heavy atom. The molecule has 178 valence electrons. The highest BCUT2D eigenvalue weighted by Gasteiger charge is 2.23. The fourth-order valence-electron chi connectivity index (χ4n) is 3.74. The quantitative estimate of drug-likeness (QED) is 0.482. The van der Waals surface area contributed by atoms with Crippen molar-refractivity contribution in [1.29, 1.82) is 0 Å². The SMILES string of the molecule is CCCOc1ccccc1OC1CCN(c2ncnc(Nc3cccc(NC(C)=O)c3)n2)CC1. The summed E-state index contributed by atoms with van der Waals surface area (Å²) in [5.74, 6) is 2.54. The van der Waals surface area contributed by atoms with Crippen LogP contribution in [0.25, 0.3) is 0 Å². The number of nitrogens with one attached hydrogen (secondary N) is 2. The topological polar surface area (TPSA) is 102 Å². The van der Waals surface area contributed by atoms with E-state index >= 15 is 0 Å². The molecule has 4 rings (SSSR count). The monoisotopic (exact) mass is 462 g/mol. The second-order valence-corrected chi connectivity index (χ2v) is 8.10. The number of hydrogen-bond acceptors (Lipinski definition) is 8. The maximum Gasteiger partial charge on any atom is 0.231 e. The van der Waals surface area contributed by atoms with Crippen LogP contribution in [0.4, 0.5) is 23.3 Å². The predicted octanol–water partition coefficient (Wildman–Crippen LogP) is 4.41. The Morgan fingerprint density at radius 1 is 1.06 bits per heavy atom. The van der Waals surface area contributed by atoms with Gasteiger partial charge in [-0.25, -0.2) is 9.97 Å². The van der Waals surface area contributed by atoms with Gasteiger partial charge in [-0.15, -0.1) is 0 Å². The van der Waals surface area contributed by atoms with E-state index in [4.69, 9.17) is 9.47 Å². The third kappa shape index (κ3) is 6.34. The highest BCUT2D eigenvalue weighted by Crippen LogP contribution is 2.30. The second kappa shape index (κ2) is 11.3. The normalized spacial score (nSPS) is 13.9. The van der Waals surface area contributed by atoms with Crippen molar-refractivity contribution in [2.75, 3.05) is 35.2 Å². The number of rotatable bonds is 9. The molecule has 1 saturated heterocycles. The molecule has 0 bridgehead atoms. The van der Waals surface area contributed by atoms with Gasteiger partial charge in [0.2, 0.25) is 17.8 Å². The largest absolute Gasteiger partial charge is 0.490 e. The number of amides is 1. The molecule has 1 aromatic heterocycles. The van der Waals surface area contributed by atoms with E-state index in [1.54, 1.807) is 0 Å². The summed E-state index contributed by atoms with van der Waals surface area (Å²) in [6.07, 6.45) is 4.28. The first-order chi connectivity index (χ1) is 16.6. The summed E-state index contributed by atoms with van der Waals surface area (Å²) in [5.41, 5.74) is 1.48. The number of para-hydroxylation sites is 2. The van der Waals surface area contributed by atoms with Crippen LogP contribution in [0.3, 0.4) is 0 Å². The number of benzene rings is 2. The fourth-order valence-corrected chi connectivity index (χ4v) is 3.74. The van der Waals surface area contributed by atoms with Crippen LogP contribution in [0.2, 0.25) is 0 Å². The first-order valence-corrected chi connectivity index (χ1v) is 11.6. The molecule has 9 nitrogen and oxygen atoms in total. The number of nitrogens with zero attached hydrogens (tertiary/aromatic N) is 4. The average molecular weight is 463 g/mol. The summed E-state index contributed by atoms with van der Waals surface area (Å²) >= 11 is 0. The van der Waals surface area contributed by atoms with Crippen molar-refractivity contribution in [1.82, 2.24) is 15.0 Å². The summed E-state index contributed by atoms with van der Waals surface area (Å²) in [6, 6.07) is 15.2. The molecular weight excluding hydrogens is 432 g/mol. The second-order valence-electron chi connectivity index (χ2n) is 8.10. The van der Waals surface area contributed by atoms with Gasteiger partial charge < -0.3 is 25.0 Å². The van der Waals surface area contributed by atoms with Crippen LogP contribution < -0.4 is 25.0 Å². The van der Waals surface area contributed by atoms with Crippen LogP contribution in [-0.2, 0) is 4.79 Å². The highest BCUT2D eigenvalue weighted by atomic mass is 16.5. The Hall–Kier alpha value is -3.88. The van der Waals surface area contributed by atoms with E-state index in [-0.39, 0.29) is 12.0 Å². The maximum absolute atomic E-state index is 11.3. The number of aromatic nitrogens is 3. The van der Waals surface area contributed by atoms with Crippen molar-refractivity contribution in [2.45, 2.75) is 39.2 Å². The molecule has 1 amide bonds. The third-order valence-electron chi connectivity index (χ3n) is 5.33. The summed E-state index contributed by atoms with van der Waals surface area (Å²) in [4.78, 5) is 26.6. The number of anilines is 4. The molecule has 0 atom stereocenters. The lowest BCUT2D eigenvalue weighted by atomic mass is 10.1. The Labute approximate surface area is 199 Å². The van der Waals surface area contributed by atoms with Gasteiger partial charge in [0, 0.05) is 44.2 Å². The smallest absolute Gasteiger partial charge is 0.231 e. The molecule has 1 fully saturated rings. The zero-order chi connectivity index (χ0) is 23.8. The summed E-state index contributed by atoms with van der Waals surface area (Å²) in [5, 5.41) is 5.95. The number of ether oxygens (including phenoxy) is 2. The first-order valence-electron chi connectivity index (χ1n) is 11.6. The summed E-state index contributed by atoms with van der Waals surface area (Å²) in [7, 11) is 0. The minimum atomic E-state index is -0.121. The van der Waals surface area contributed by atoms with E-state index in [0.717, 1.165) is 49.5 Å². The van der Waals surface area contributed by atoms with E-state index in [0.29, 0.717) is 24.2 Å². The molecule has 2 N–H and O–H groups in total. The van der Waals surface area contributed by atoms with Gasteiger partial charge in [-0.2, -0.15) is 4.98 Å². The van der Waals surface area contributed by atoms with Crippen molar-refractivity contribution in [3.05, 3.63) is 54.9 Å². The molecule has 0 unspecified atom stereocenters. The van der Waals surface area contributed by atoms with Gasteiger partial charge in [0.25, 0.3) is 0 Å². The third-order valence-corrected chi connectivity index (χ3v) is 5.33. The Bertz CT molecular complexity index is 1100. The lowest BCUT2D eigenvalue weighted by Gasteiger charge is -2.32. The van der Waals surface area contributed by atoms with Gasteiger partial charge in [-0.3, -0.25) is 4.79 Å². The number of hydrogen-bond donors (Lipinski definition) is 2. The highest BCUT2D eigenvalue weighted by molar-refractivity contribution is 5.89. The molecule has 0 aliphatic carbocycles. The molecule has 1 aliphatic heterocycles. The van der Waals surface area contributed by atoms with Crippen molar-refractivity contribution >= 4 is 29.2 Å². The summed E-state index contributed by atoms with van der Waals surface area (Å²) < 4.78 is 12.1. The molecule has 1 aliphatic rings. The molecule has 0 spiro atoms. The lowest BCUT2D eigenvalue weighted by Crippen LogP contribution is -2.39. The maximum atomic E-state index is 11.3. The van der Waals surface area contributed by atoms with Crippen LogP contribution in [0.5, 0.6) is 11.5 Å². The molecule has 0 saturated carbocycles. The van der Waals surface area contributed by atoms with E-state index in [9.17, 15) is 4.79 Å². The zero-order valence-corrected chi connectivity index (χ0v) is 19.5. The molecule has 0 radical (unpaired) electrons. The Balaban J connectivity index is 1.35. The van der Waals surface area contributed by atoms with Gasteiger partial charge >= 0.3 is 0 Å². The van der Waals surface area contributed by atoms with E-state index in [2.05, 4.69) is 37.4 Å². The molecule has 34 heavy (non-hydrogen) atoms. The van der Waals surface area contributed by atoms with Gasteiger partial charge in [0.05, 0.1) is 6.61 Å². The Morgan fingerprint density at radius 2 is 1.82 bits per heavy atom. The van der Waals surface area contributed by atoms with Crippen LogP contribution >= 0.6 is 0 Å². The van der Waals surface area contributed by atoms with Crippen LogP contribution in [0.15, 0.2) is 54.9 Å². The van der Waals surface area contributed by atoms with Crippen LogP contribution in [-0.4, -0.2) is 46.7 Å². The molecule has 9 heteroatoms. The van der Waals surface area contributed by atoms with Crippen molar-refractivity contribution in [3.8, 4) is 11.5 Å². The van der Waals surface area contributed by atoms with Crippen LogP contribution in [0.1, 0.15) is 33.1 Å².